The van der Waals surface area contributed by atoms with Crippen LogP contribution in [-0.2, 0) is 9.53 Å². The zero-order valence-corrected chi connectivity index (χ0v) is 14.3. The van der Waals surface area contributed by atoms with E-state index in [1.54, 1.807) is 30.3 Å². The molecule has 9 nitrogen and oxygen atoms in total. The predicted octanol–water partition coefficient (Wildman–Crippen LogP) is 1.82. The van der Waals surface area contributed by atoms with E-state index in [2.05, 4.69) is 5.32 Å². The molecule has 140 valence electrons. The van der Waals surface area contributed by atoms with Crippen LogP contribution in [0.2, 0.25) is 0 Å². The number of nitrogens with one attached hydrogen (secondary N) is 1. The first-order valence-electron chi connectivity index (χ1n) is 8.24. The Kier molecular flexibility index (Phi) is 5.62. The Morgan fingerprint density at radius 1 is 1.11 bits per heavy atom. The molecular formula is C18H17N3O6. The summed E-state index contributed by atoms with van der Waals surface area (Å²) in [6.45, 7) is 1.57. The number of nitrogens with zero attached hydrogens (tertiary/aromatic N) is 2. The summed E-state index contributed by atoms with van der Waals surface area (Å²) in [4.78, 5) is 36.9. The molecule has 1 saturated heterocycles. The van der Waals surface area contributed by atoms with Crippen molar-refractivity contribution in [1.82, 2.24) is 10.2 Å². The van der Waals surface area contributed by atoms with Gasteiger partial charge in [0, 0.05) is 24.7 Å². The van der Waals surface area contributed by atoms with Crippen molar-refractivity contribution in [3.05, 3.63) is 69.6 Å². The molecule has 2 aromatic rings. The zero-order chi connectivity index (χ0) is 19.2. The number of morpholine rings is 1. The Labute approximate surface area is 154 Å². The molecule has 1 fully saturated rings. The number of ether oxygens (including phenoxy) is 1. The maximum absolute atomic E-state index is 12.8. The molecule has 0 aliphatic carbocycles. The first-order chi connectivity index (χ1) is 13.0. The molecule has 0 bridgehead atoms. The maximum Gasteiger partial charge on any atom is 0.433 e. The molecule has 0 saturated carbocycles. The largest absolute Gasteiger partial charge is 0.433 e. The van der Waals surface area contributed by atoms with Crippen LogP contribution < -0.4 is 5.32 Å². The number of hydrogen-bond acceptors (Lipinski definition) is 6. The van der Waals surface area contributed by atoms with Gasteiger partial charge in [-0.1, -0.05) is 18.2 Å². The molecule has 0 unspecified atom stereocenters. The molecule has 0 atom stereocenters. The molecule has 9 heteroatoms. The lowest BCUT2D eigenvalue weighted by molar-refractivity contribution is -0.402. The number of rotatable bonds is 5. The first-order valence-corrected chi connectivity index (χ1v) is 8.24. The van der Waals surface area contributed by atoms with Crippen molar-refractivity contribution < 1.29 is 23.7 Å². The van der Waals surface area contributed by atoms with Gasteiger partial charge in [-0.25, -0.2) is 0 Å². The van der Waals surface area contributed by atoms with Crippen molar-refractivity contribution >= 4 is 23.8 Å². The highest BCUT2D eigenvalue weighted by molar-refractivity contribution is 6.05. The Bertz CT molecular complexity index is 868. The van der Waals surface area contributed by atoms with Gasteiger partial charge in [-0.3, -0.25) is 19.7 Å². The van der Waals surface area contributed by atoms with E-state index in [1.165, 1.54) is 23.1 Å². The first kappa shape index (κ1) is 18.3. The van der Waals surface area contributed by atoms with Crippen LogP contribution in [0, 0.1) is 10.1 Å². The van der Waals surface area contributed by atoms with Gasteiger partial charge in [0.1, 0.15) is 16.4 Å². The summed E-state index contributed by atoms with van der Waals surface area (Å²) in [5, 5.41) is 13.4. The predicted molar refractivity (Wildman–Crippen MR) is 94.6 cm³/mol. The van der Waals surface area contributed by atoms with Gasteiger partial charge in [0.2, 0.25) is 0 Å². The number of carbonyl (C=O) groups excluding carboxylic acids is 2. The van der Waals surface area contributed by atoms with Gasteiger partial charge in [0.05, 0.1) is 19.3 Å². The zero-order valence-electron chi connectivity index (χ0n) is 14.3. The summed E-state index contributed by atoms with van der Waals surface area (Å²) in [6.07, 6.45) is 1.28. The highest BCUT2D eigenvalue weighted by Crippen LogP contribution is 2.18. The van der Waals surface area contributed by atoms with Crippen molar-refractivity contribution in [3.8, 4) is 0 Å². The Balaban J connectivity index is 1.87. The van der Waals surface area contributed by atoms with E-state index in [4.69, 9.17) is 9.15 Å². The van der Waals surface area contributed by atoms with Gasteiger partial charge in [-0.05, 0) is 18.2 Å². The van der Waals surface area contributed by atoms with Crippen molar-refractivity contribution in [1.29, 1.82) is 0 Å². The Hall–Kier alpha value is -3.46. The molecule has 1 aromatic heterocycles. The van der Waals surface area contributed by atoms with Gasteiger partial charge >= 0.3 is 5.88 Å². The summed E-state index contributed by atoms with van der Waals surface area (Å²) in [5.74, 6) is -1.24. The average Bonchev–Trinajstić information content (AvgIpc) is 3.17. The summed E-state index contributed by atoms with van der Waals surface area (Å²) < 4.78 is 10.3. The molecule has 1 aromatic carbocycles. The molecule has 0 spiro atoms. The van der Waals surface area contributed by atoms with Crippen molar-refractivity contribution in [3.63, 3.8) is 0 Å². The second-order valence-electron chi connectivity index (χ2n) is 5.72. The van der Waals surface area contributed by atoms with Gasteiger partial charge in [-0.2, -0.15) is 0 Å². The lowest BCUT2D eigenvalue weighted by Gasteiger charge is -2.27. The highest BCUT2D eigenvalue weighted by atomic mass is 16.6. The summed E-state index contributed by atoms with van der Waals surface area (Å²) in [6, 6.07) is 11.0. The number of furan rings is 1. The van der Waals surface area contributed by atoms with Crippen LogP contribution in [-0.4, -0.2) is 47.9 Å². The van der Waals surface area contributed by atoms with E-state index in [0.29, 0.717) is 31.9 Å². The van der Waals surface area contributed by atoms with E-state index >= 15 is 0 Å². The van der Waals surface area contributed by atoms with Crippen LogP contribution in [0.25, 0.3) is 6.08 Å². The van der Waals surface area contributed by atoms with Crippen LogP contribution in [0.5, 0.6) is 0 Å². The fourth-order valence-corrected chi connectivity index (χ4v) is 2.53. The molecule has 1 N–H and O–H groups in total. The topological polar surface area (TPSA) is 115 Å². The third-order valence-electron chi connectivity index (χ3n) is 3.89. The minimum absolute atomic E-state index is 0.0324. The summed E-state index contributed by atoms with van der Waals surface area (Å²) >= 11 is 0. The fourth-order valence-electron chi connectivity index (χ4n) is 2.53. The molecule has 2 amide bonds. The normalized spacial score (nSPS) is 14.7. The highest BCUT2D eigenvalue weighted by Gasteiger charge is 2.23. The van der Waals surface area contributed by atoms with Crippen LogP contribution in [0.1, 0.15) is 16.1 Å². The van der Waals surface area contributed by atoms with Crippen LogP contribution in [0.15, 0.2) is 52.6 Å². The standard InChI is InChI=1S/C18H17N3O6/c22-17(13-4-2-1-3-5-13)19-15(18(23)20-8-10-26-11-9-20)12-14-6-7-16(27-14)21(24)25/h1-7,12H,8-11H2,(H,19,22)/b15-12+. The number of nitro groups is 1. The Morgan fingerprint density at radius 2 is 1.81 bits per heavy atom. The molecule has 27 heavy (non-hydrogen) atoms. The van der Waals surface area contributed by atoms with Gasteiger partial charge in [0.25, 0.3) is 11.8 Å². The van der Waals surface area contributed by atoms with E-state index in [-0.39, 0.29) is 11.5 Å². The number of carbonyl (C=O) groups is 2. The number of hydrogen-bond donors (Lipinski definition) is 1. The maximum atomic E-state index is 12.8. The monoisotopic (exact) mass is 371 g/mol. The number of benzene rings is 1. The van der Waals surface area contributed by atoms with E-state index in [1.807, 2.05) is 0 Å². The molecule has 2 heterocycles. The Morgan fingerprint density at radius 3 is 2.44 bits per heavy atom. The third-order valence-corrected chi connectivity index (χ3v) is 3.89. The lowest BCUT2D eigenvalue weighted by Crippen LogP contribution is -2.44. The van der Waals surface area contributed by atoms with E-state index in [0.717, 1.165) is 0 Å². The van der Waals surface area contributed by atoms with Crippen molar-refractivity contribution in [2.24, 2.45) is 0 Å². The second-order valence-corrected chi connectivity index (χ2v) is 5.72. The molecule has 1 aliphatic heterocycles. The van der Waals surface area contributed by atoms with E-state index in [9.17, 15) is 19.7 Å². The minimum Gasteiger partial charge on any atom is -0.401 e. The quantitative estimate of drug-likeness (QED) is 0.487. The summed E-state index contributed by atoms with van der Waals surface area (Å²) in [5.41, 5.74) is 0.346. The van der Waals surface area contributed by atoms with Crippen LogP contribution in [0.4, 0.5) is 5.88 Å². The smallest absolute Gasteiger partial charge is 0.401 e. The van der Waals surface area contributed by atoms with Crippen molar-refractivity contribution in [2.75, 3.05) is 26.3 Å². The van der Waals surface area contributed by atoms with E-state index < -0.39 is 22.6 Å². The number of amides is 2. The van der Waals surface area contributed by atoms with Crippen LogP contribution >= 0.6 is 0 Å². The van der Waals surface area contributed by atoms with Gasteiger partial charge < -0.3 is 19.4 Å². The van der Waals surface area contributed by atoms with Crippen molar-refractivity contribution in [2.45, 2.75) is 0 Å². The fraction of sp³-hybridized carbons (Fsp3) is 0.222. The van der Waals surface area contributed by atoms with Gasteiger partial charge in [0.15, 0.2) is 0 Å². The molecule has 3 rings (SSSR count). The average molecular weight is 371 g/mol. The molecule has 0 radical (unpaired) electrons. The van der Waals surface area contributed by atoms with Gasteiger partial charge in [-0.15, -0.1) is 0 Å². The lowest BCUT2D eigenvalue weighted by atomic mass is 10.2. The van der Waals surface area contributed by atoms with Crippen LogP contribution in [0.3, 0.4) is 0 Å². The minimum atomic E-state index is -0.677. The second kappa shape index (κ2) is 8.28. The SMILES string of the molecule is O=C(N/C(=C/c1ccc([N+](=O)[O-])o1)C(=O)N1CCOCC1)c1ccccc1. The summed E-state index contributed by atoms with van der Waals surface area (Å²) in [7, 11) is 0. The third kappa shape index (κ3) is 4.59. The molecule has 1 aliphatic rings. The molecular weight excluding hydrogens is 354 g/mol.